The largest absolute Gasteiger partial charge is 0.493 e. The number of carbonyl (C=O) groups excluding carboxylic acids is 1. The predicted molar refractivity (Wildman–Crippen MR) is 119 cm³/mol. The number of ether oxygens (including phenoxy) is 2. The van der Waals surface area contributed by atoms with Gasteiger partial charge in [0.2, 0.25) is 5.91 Å². The smallest absolute Gasteiger partial charge is 0.264 e. The Bertz CT molecular complexity index is 1140. The predicted octanol–water partition coefficient (Wildman–Crippen LogP) is 3.22. The van der Waals surface area contributed by atoms with Gasteiger partial charge in [0.25, 0.3) is 10.0 Å². The Morgan fingerprint density at radius 3 is 2.22 bits per heavy atom. The topological polar surface area (TPSA) is 84.9 Å². The zero-order chi connectivity index (χ0) is 23.0. The van der Waals surface area contributed by atoms with Crippen molar-refractivity contribution in [1.29, 1.82) is 0 Å². The summed E-state index contributed by atoms with van der Waals surface area (Å²) in [6.07, 6.45) is 0. The molecule has 0 radical (unpaired) electrons. The summed E-state index contributed by atoms with van der Waals surface area (Å²) in [6.45, 7) is -0.114. The van der Waals surface area contributed by atoms with Crippen LogP contribution < -0.4 is 19.1 Å². The molecule has 0 aliphatic carbocycles. The number of methoxy groups -OCH3 is 1. The van der Waals surface area contributed by atoms with E-state index in [2.05, 4.69) is 5.32 Å². The van der Waals surface area contributed by atoms with Crippen molar-refractivity contribution in [2.75, 3.05) is 31.1 Å². The minimum absolute atomic E-state index is 0.116. The summed E-state index contributed by atoms with van der Waals surface area (Å²) in [7, 11) is -2.56. The van der Waals surface area contributed by atoms with Crippen molar-refractivity contribution >= 4 is 21.6 Å². The number of rotatable bonds is 10. The van der Waals surface area contributed by atoms with E-state index in [1.54, 1.807) is 48.5 Å². The van der Waals surface area contributed by atoms with Crippen LogP contribution in [-0.2, 0) is 14.8 Å². The minimum Gasteiger partial charge on any atom is -0.493 e. The molecular weight excluding hydrogens is 435 g/mol. The van der Waals surface area contributed by atoms with E-state index in [0.717, 1.165) is 16.4 Å². The van der Waals surface area contributed by atoms with E-state index in [9.17, 15) is 17.6 Å². The average Bonchev–Trinajstić information content (AvgIpc) is 2.81. The molecule has 9 heteroatoms. The zero-order valence-electron chi connectivity index (χ0n) is 17.4. The number of para-hydroxylation sites is 3. The standard InChI is InChI=1S/C23H23FN2O5S/c1-30-21-9-5-6-10-22(21)31-16-15-25-23(27)17-26(19-7-3-2-4-8-19)32(28,29)20-13-11-18(24)12-14-20/h2-14H,15-17H2,1H3,(H,25,27). The maximum absolute atomic E-state index is 13.3. The second-order valence-electron chi connectivity index (χ2n) is 6.65. The van der Waals surface area contributed by atoms with E-state index in [4.69, 9.17) is 9.47 Å². The van der Waals surface area contributed by atoms with Gasteiger partial charge in [-0.1, -0.05) is 30.3 Å². The Labute approximate surface area is 186 Å². The van der Waals surface area contributed by atoms with Crippen molar-refractivity contribution in [1.82, 2.24) is 5.32 Å². The van der Waals surface area contributed by atoms with Crippen molar-refractivity contribution in [3.05, 3.63) is 84.7 Å². The second kappa shape index (κ2) is 10.6. The fraction of sp³-hybridized carbons (Fsp3) is 0.174. The molecule has 0 saturated heterocycles. The third-order valence-electron chi connectivity index (χ3n) is 4.48. The van der Waals surface area contributed by atoms with Crippen LogP contribution in [-0.4, -0.2) is 41.1 Å². The number of amides is 1. The lowest BCUT2D eigenvalue weighted by Gasteiger charge is -2.24. The molecule has 0 aliphatic rings. The van der Waals surface area contributed by atoms with E-state index in [1.165, 1.54) is 19.2 Å². The number of sulfonamides is 1. The first-order valence-corrected chi connectivity index (χ1v) is 11.2. The molecule has 3 aromatic rings. The van der Waals surface area contributed by atoms with Crippen molar-refractivity contribution in [3.63, 3.8) is 0 Å². The molecule has 0 unspecified atom stereocenters. The molecule has 0 aromatic heterocycles. The lowest BCUT2D eigenvalue weighted by atomic mass is 10.3. The summed E-state index contributed by atoms with van der Waals surface area (Å²) in [4.78, 5) is 12.4. The molecule has 0 bridgehead atoms. The molecule has 32 heavy (non-hydrogen) atoms. The number of halogens is 1. The highest BCUT2D eigenvalue weighted by molar-refractivity contribution is 7.92. The summed E-state index contributed by atoms with van der Waals surface area (Å²) >= 11 is 0. The molecular formula is C23H23FN2O5S. The lowest BCUT2D eigenvalue weighted by molar-refractivity contribution is -0.119. The Hall–Kier alpha value is -3.59. The van der Waals surface area contributed by atoms with Crippen LogP contribution in [0.3, 0.4) is 0 Å². The molecule has 1 N–H and O–H groups in total. The highest BCUT2D eigenvalue weighted by atomic mass is 32.2. The highest BCUT2D eigenvalue weighted by Gasteiger charge is 2.27. The normalized spacial score (nSPS) is 10.9. The fourth-order valence-corrected chi connectivity index (χ4v) is 4.34. The van der Waals surface area contributed by atoms with Gasteiger partial charge < -0.3 is 14.8 Å². The van der Waals surface area contributed by atoms with Crippen LogP contribution in [0.1, 0.15) is 0 Å². The van der Waals surface area contributed by atoms with Crippen molar-refractivity contribution in [3.8, 4) is 11.5 Å². The number of anilines is 1. The average molecular weight is 459 g/mol. The van der Waals surface area contributed by atoms with E-state index < -0.39 is 28.3 Å². The van der Waals surface area contributed by atoms with E-state index in [-0.39, 0.29) is 18.0 Å². The van der Waals surface area contributed by atoms with Crippen LogP contribution in [0, 0.1) is 5.82 Å². The maximum atomic E-state index is 13.3. The first-order valence-electron chi connectivity index (χ1n) is 9.77. The van der Waals surface area contributed by atoms with Gasteiger partial charge >= 0.3 is 0 Å². The second-order valence-corrected chi connectivity index (χ2v) is 8.51. The highest BCUT2D eigenvalue weighted by Crippen LogP contribution is 2.25. The molecule has 0 spiro atoms. The molecule has 3 aromatic carbocycles. The van der Waals surface area contributed by atoms with Gasteiger partial charge in [-0.05, 0) is 48.5 Å². The molecule has 7 nitrogen and oxygen atoms in total. The zero-order valence-corrected chi connectivity index (χ0v) is 18.2. The Kier molecular flexibility index (Phi) is 7.67. The summed E-state index contributed by atoms with van der Waals surface area (Å²) in [5.41, 5.74) is 0.317. The molecule has 0 atom stereocenters. The van der Waals surface area contributed by atoms with E-state index >= 15 is 0 Å². The van der Waals surface area contributed by atoms with Crippen molar-refractivity contribution < 1.29 is 27.1 Å². The first kappa shape index (κ1) is 23.1. The van der Waals surface area contributed by atoms with Crippen LogP contribution in [0.15, 0.2) is 83.8 Å². The minimum atomic E-state index is -4.09. The Morgan fingerprint density at radius 2 is 1.56 bits per heavy atom. The maximum Gasteiger partial charge on any atom is 0.264 e. The van der Waals surface area contributed by atoms with Gasteiger partial charge in [-0.25, -0.2) is 12.8 Å². The van der Waals surface area contributed by atoms with Gasteiger partial charge in [-0.2, -0.15) is 0 Å². The summed E-state index contributed by atoms with van der Waals surface area (Å²) < 4.78 is 51.4. The number of nitrogens with zero attached hydrogens (tertiary/aromatic N) is 1. The molecule has 168 valence electrons. The number of carbonyl (C=O) groups is 1. The van der Waals surface area contributed by atoms with Crippen molar-refractivity contribution in [2.45, 2.75) is 4.90 Å². The van der Waals surface area contributed by atoms with Crippen LogP contribution in [0.5, 0.6) is 11.5 Å². The molecule has 3 rings (SSSR count). The summed E-state index contributed by atoms with van der Waals surface area (Å²) in [5.74, 6) is 0.0414. The molecule has 0 heterocycles. The Morgan fingerprint density at radius 1 is 0.938 bits per heavy atom. The fourth-order valence-electron chi connectivity index (χ4n) is 2.92. The van der Waals surface area contributed by atoms with Crippen LogP contribution >= 0.6 is 0 Å². The summed E-state index contributed by atoms with van der Waals surface area (Å²) in [5, 5.41) is 2.65. The van der Waals surface area contributed by atoms with Crippen LogP contribution in [0.4, 0.5) is 10.1 Å². The number of nitrogens with one attached hydrogen (secondary N) is 1. The molecule has 0 saturated carbocycles. The van der Waals surface area contributed by atoms with Gasteiger partial charge in [0.05, 0.1) is 24.2 Å². The lowest BCUT2D eigenvalue weighted by Crippen LogP contribution is -2.41. The van der Waals surface area contributed by atoms with Crippen molar-refractivity contribution in [2.24, 2.45) is 0 Å². The number of hydrogen-bond donors (Lipinski definition) is 1. The monoisotopic (exact) mass is 458 g/mol. The van der Waals surface area contributed by atoms with E-state index in [0.29, 0.717) is 17.2 Å². The Balaban J connectivity index is 1.67. The quantitative estimate of drug-likeness (QED) is 0.472. The SMILES string of the molecule is COc1ccccc1OCCNC(=O)CN(c1ccccc1)S(=O)(=O)c1ccc(F)cc1. The van der Waals surface area contributed by atoms with E-state index in [1.807, 2.05) is 6.07 Å². The van der Waals surface area contributed by atoms with Gasteiger partial charge in [0, 0.05) is 0 Å². The van der Waals surface area contributed by atoms with Gasteiger partial charge in [-0.15, -0.1) is 0 Å². The first-order chi connectivity index (χ1) is 15.4. The number of hydrogen-bond acceptors (Lipinski definition) is 5. The third-order valence-corrected chi connectivity index (χ3v) is 6.27. The number of benzene rings is 3. The van der Waals surface area contributed by atoms with Crippen LogP contribution in [0.25, 0.3) is 0 Å². The molecule has 1 amide bonds. The molecule has 0 aliphatic heterocycles. The molecule has 0 fully saturated rings. The summed E-state index contributed by atoms with van der Waals surface area (Å²) in [6, 6.07) is 19.8. The third kappa shape index (κ3) is 5.76. The van der Waals surface area contributed by atoms with Gasteiger partial charge in [0.1, 0.15) is 19.0 Å². The van der Waals surface area contributed by atoms with Gasteiger partial charge in [0.15, 0.2) is 11.5 Å². The van der Waals surface area contributed by atoms with Gasteiger partial charge in [-0.3, -0.25) is 9.10 Å². The van der Waals surface area contributed by atoms with Crippen LogP contribution in [0.2, 0.25) is 0 Å².